The number of fused-ring (bicyclic) bond motifs is 3. The van der Waals surface area contributed by atoms with Gasteiger partial charge in [0.15, 0.2) is 0 Å². The van der Waals surface area contributed by atoms with Gasteiger partial charge in [-0.1, -0.05) is 32.0 Å². The smallest absolute Gasteiger partial charge is 0.291 e. The number of benzene rings is 1. The molecule has 0 unspecified atom stereocenters. The van der Waals surface area contributed by atoms with E-state index < -0.39 is 0 Å². The summed E-state index contributed by atoms with van der Waals surface area (Å²) in [6, 6.07) is 9.84. The lowest BCUT2D eigenvalue weighted by molar-refractivity contribution is -0.123. The van der Waals surface area contributed by atoms with Crippen LogP contribution in [0.5, 0.6) is 0 Å². The van der Waals surface area contributed by atoms with Crippen LogP contribution in [-0.4, -0.2) is 39.3 Å². The Bertz CT molecular complexity index is 1040. The Morgan fingerprint density at radius 3 is 2.74 bits per heavy atom. The van der Waals surface area contributed by atoms with E-state index in [-0.39, 0.29) is 30.0 Å². The second-order valence-electron chi connectivity index (χ2n) is 7.35. The van der Waals surface area contributed by atoms with Crippen LogP contribution in [0.4, 0.5) is 0 Å². The summed E-state index contributed by atoms with van der Waals surface area (Å²) in [7, 11) is 0. The Labute approximate surface area is 156 Å². The predicted molar refractivity (Wildman–Crippen MR) is 103 cm³/mol. The standard InChI is InChI=1S/C20H24N4O3/c1-13(2)19-22-23(12-18(25)21-15-7-9-27-10-8-15)20(26)17-11-14-5-3-4-6-16(14)24(17)19/h3-6,11,13,15H,7-10,12H2,1-2H3,(H,21,25). The summed E-state index contributed by atoms with van der Waals surface area (Å²) in [6.45, 7) is 5.31. The van der Waals surface area contributed by atoms with Crippen molar-refractivity contribution in [2.24, 2.45) is 0 Å². The summed E-state index contributed by atoms with van der Waals surface area (Å²) in [6.07, 6.45) is 1.60. The van der Waals surface area contributed by atoms with Crippen LogP contribution in [0.1, 0.15) is 38.4 Å². The van der Waals surface area contributed by atoms with Crippen LogP contribution in [0.2, 0.25) is 0 Å². The third-order valence-electron chi connectivity index (χ3n) is 5.01. The minimum Gasteiger partial charge on any atom is -0.381 e. The normalized spacial score (nSPS) is 15.7. The van der Waals surface area contributed by atoms with Crippen molar-refractivity contribution in [1.29, 1.82) is 0 Å². The number of para-hydroxylation sites is 1. The molecule has 7 nitrogen and oxygen atoms in total. The van der Waals surface area contributed by atoms with Crippen LogP contribution in [-0.2, 0) is 16.1 Å². The van der Waals surface area contributed by atoms with Crippen molar-refractivity contribution in [2.45, 2.75) is 45.2 Å². The molecule has 3 heterocycles. The number of ether oxygens (including phenoxy) is 1. The van der Waals surface area contributed by atoms with Crippen molar-refractivity contribution in [3.8, 4) is 0 Å². The van der Waals surface area contributed by atoms with E-state index in [4.69, 9.17) is 4.74 Å². The number of nitrogens with zero attached hydrogens (tertiary/aromatic N) is 3. The molecule has 142 valence electrons. The number of hydrogen-bond acceptors (Lipinski definition) is 4. The Kier molecular flexibility index (Phi) is 4.70. The largest absolute Gasteiger partial charge is 0.381 e. The molecule has 1 amide bonds. The fourth-order valence-corrected chi connectivity index (χ4v) is 3.64. The number of carbonyl (C=O) groups excluding carboxylic acids is 1. The maximum absolute atomic E-state index is 13.0. The summed E-state index contributed by atoms with van der Waals surface area (Å²) in [5, 5.41) is 8.52. The maximum atomic E-state index is 13.0. The summed E-state index contributed by atoms with van der Waals surface area (Å²) in [4.78, 5) is 25.4. The predicted octanol–water partition coefficient (Wildman–Crippen LogP) is 2.07. The first-order valence-electron chi connectivity index (χ1n) is 9.43. The van der Waals surface area contributed by atoms with Gasteiger partial charge in [0.2, 0.25) is 5.91 Å². The molecule has 1 aromatic carbocycles. The molecular weight excluding hydrogens is 344 g/mol. The maximum Gasteiger partial charge on any atom is 0.291 e. The molecule has 0 atom stereocenters. The first-order chi connectivity index (χ1) is 13.0. The SMILES string of the molecule is CC(C)c1nn(CC(=O)NC2CCOCC2)c(=O)c2cc3ccccc3n12. The zero-order valence-electron chi connectivity index (χ0n) is 15.6. The lowest BCUT2D eigenvalue weighted by Gasteiger charge is -2.23. The van der Waals surface area contributed by atoms with E-state index in [0.29, 0.717) is 18.7 Å². The van der Waals surface area contributed by atoms with Gasteiger partial charge in [-0.2, -0.15) is 5.10 Å². The van der Waals surface area contributed by atoms with Crippen LogP contribution in [0, 0.1) is 0 Å². The molecule has 1 aliphatic rings. The van der Waals surface area contributed by atoms with E-state index in [1.165, 1.54) is 4.68 Å². The molecule has 0 aliphatic carbocycles. The van der Waals surface area contributed by atoms with Gasteiger partial charge in [-0.05, 0) is 25.0 Å². The summed E-state index contributed by atoms with van der Waals surface area (Å²) in [5.74, 6) is 0.685. The van der Waals surface area contributed by atoms with Crippen molar-refractivity contribution in [3.63, 3.8) is 0 Å². The number of amides is 1. The first kappa shape index (κ1) is 17.7. The van der Waals surface area contributed by atoms with Crippen molar-refractivity contribution >= 4 is 22.3 Å². The average molecular weight is 368 g/mol. The number of hydrogen-bond donors (Lipinski definition) is 1. The Hall–Kier alpha value is -2.67. The third-order valence-corrected chi connectivity index (χ3v) is 5.01. The Morgan fingerprint density at radius 1 is 1.26 bits per heavy atom. The molecule has 27 heavy (non-hydrogen) atoms. The molecule has 4 rings (SSSR count). The molecule has 1 fully saturated rings. The summed E-state index contributed by atoms with van der Waals surface area (Å²) < 4.78 is 8.52. The van der Waals surface area contributed by atoms with Crippen molar-refractivity contribution in [3.05, 3.63) is 46.5 Å². The topological polar surface area (TPSA) is 77.6 Å². The van der Waals surface area contributed by atoms with Crippen molar-refractivity contribution in [1.82, 2.24) is 19.5 Å². The molecule has 7 heteroatoms. The van der Waals surface area contributed by atoms with Gasteiger partial charge in [0.1, 0.15) is 17.9 Å². The van der Waals surface area contributed by atoms with E-state index in [2.05, 4.69) is 10.4 Å². The van der Waals surface area contributed by atoms with E-state index in [1.54, 1.807) is 0 Å². The molecular formula is C20H24N4O3. The van der Waals surface area contributed by atoms with Crippen LogP contribution in [0.25, 0.3) is 16.4 Å². The highest BCUT2D eigenvalue weighted by Gasteiger charge is 2.20. The molecule has 0 saturated carbocycles. The highest BCUT2D eigenvalue weighted by Crippen LogP contribution is 2.22. The van der Waals surface area contributed by atoms with Gasteiger partial charge in [-0.15, -0.1) is 0 Å². The molecule has 1 saturated heterocycles. The second-order valence-corrected chi connectivity index (χ2v) is 7.35. The number of rotatable bonds is 4. The third kappa shape index (κ3) is 3.35. The van der Waals surface area contributed by atoms with Gasteiger partial charge in [0.25, 0.3) is 5.56 Å². The Morgan fingerprint density at radius 2 is 2.00 bits per heavy atom. The van der Waals surface area contributed by atoms with Crippen LogP contribution < -0.4 is 10.9 Å². The summed E-state index contributed by atoms with van der Waals surface area (Å²) in [5.41, 5.74) is 1.26. The number of carbonyl (C=O) groups is 1. The molecule has 0 spiro atoms. The first-order valence-corrected chi connectivity index (χ1v) is 9.43. The van der Waals surface area contributed by atoms with Gasteiger partial charge in [0, 0.05) is 30.6 Å². The minimum atomic E-state index is -0.252. The van der Waals surface area contributed by atoms with Crippen molar-refractivity contribution < 1.29 is 9.53 Å². The molecule has 2 aromatic heterocycles. The molecule has 0 bridgehead atoms. The highest BCUT2D eigenvalue weighted by atomic mass is 16.5. The van der Waals surface area contributed by atoms with E-state index in [1.807, 2.05) is 48.6 Å². The Balaban J connectivity index is 1.72. The number of nitrogens with one attached hydrogen (secondary N) is 1. The van der Waals surface area contributed by atoms with Gasteiger partial charge >= 0.3 is 0 Å². The summed E-state index contributed by atoms with van der Waals surface area (Å²) >= 11 is 0. The van der Waals surface area contributed by atoms with E-state index >= 15 is 0 Å². The number of aromatic nitrogens is 3. The highest BCUT2D eigenvalue weighted by molar-refractivity contribution is 5.87. The lowest BCUT2D eigenvalue weighted by atomic mass is 10.1. The lowest BCUT2D eigenvalue weighted by Crippen LogP contribution is -2.42. The van der Waals surface area contributed by atoms with Gasteiger partial charge in [-0.25, -0.2) is 4.68 Å². The fraction of sp³-hybridized carbons (Fsp3) is 0.450. The van der Waals surface area contributed by atoms with Gasteiger partial charge in [0.05, 0.1) is 5.52 Å². The van der Waals surface area contributed by atoms with Crippen LogP contribution >= 0.6 is 0 Å². The zero-order chi connectivity index (χ0) is 19.0. The molecule has 3 aromatic rings. The average Bonchev–Trinajstić information content (AvgIpc) is 3.04. The zero-order valence-corrected chi connectivity index (χ0v) is 15.6. The molecule has 0 radical (unpaired) electrons. The van der Waals surface area contributed by atoms with Gasteiger partial charge < -0.3 is 10.1 Å². The van der Waals surface area contributed by atoms with E-state index in [0.717, 1.165) is 29.6 Å². The van der Waals surface area contributed by atoms with Gasteiger partial charge in [-0.3, -0.25) is 14.0 Å². The second kappa shape index (κ2) is 7.15. The minimum absolute atomic E-state index is 0.0755. The van der Waals surface area contributed by atoms with Crippen LogP contribution in [0.15, 0.2) is 35.1 Å². The monoisotopic (exact) mass is 368 g/mol. The molecule has 1 N–H and O–H groups in total. The van der Waals surface area contributed by atoms with Crippen LogP contribution in [0.3, 0.4) is 0 Å². The quantitative estimate of drug-likeness (QED) is 0.765. The fourth-order valence-electron chi connectivity index (χ4n) is 3.64. The van der Waals surface area contributed by atoms with Crippen molar-refractivity contribution in [2.75, 3.05) is 13.2 Å². The molecule has 1 aliphatic heterocycles. The van der Waals surface area contributed by atoms with E-state index in [9.17, 15) is 9.59 Å².